The molecule has 31 heavy (non-hydrogen) atoms. The minimum atomic E-state index is -0.503. The van der Waals surface area contributed by atoms with Crippen LogP contribution in [0.5, 0.6) is 11.5 Å². The van der Waals surface area contributed by atoms with E-state index in [0.29, 0.717) is 17.7 Å². The van der Waals surface area contributed by atoms with Crippen LogP contribution in [0, 0.1) is 5.41 Å². The van der Waals surface area contributed by atoms with E-state index in [-0.39, 0.29) is 6.61 Å². The van der Waals surface area contributed by atoms with Gasteiger partial charge in [0.25, 0.3) is 0 Å². The number of rotatable bonds is 8. The molecule has 3 fully saturated rings. The Labute approximate surface area is 187 Å². The molecule has 3 N–H and O–H groups in total. The van der Waals surface area contributed by atoms with Gasteiger partial charge in [-0.2, -0.15) is 0 Å². The molecule has 1 atom stereocenters. The molecule has 0 aromatic heterocycles. The molecule has 1 aromatic carbocycles. The second-order valence-electron chi connectivity index (χ2n) is 9.56. The molecule has 4 rings (SSSR count). The molecule has 0 radical (unpaired) electrons. The topological polar surface area (TPSA) is 69.2 Å². The van der Waals surface area contributed by atoms with Crippen LogP contribution in [0.2, 0.25) is 0 Å². The number of likely N-dealkylation sites (tertiary alicyclic amines) is 1. The van der Waals surface area contributed by atoms with E-state index in [1.807, 2.05) is 6.07 Å². The van der Waals surface area contributed by atoms with Gasteiger partial charge in [0, 0.05) is 45.8 Å². The van der Waals surface area contributed by atoms with Crippen molar-refractivity contribution in [3.63, 3.8) is 0 Å². The highest BCUT2D eigenvalue weighted by Crippen LogP contribution is 2.38. The summed E-state index contributed by atoms with van der Waals surface area (Å²) >= 11 is 0. The van der Waals surface area contributed by atoms with Crippen molar-refractivity contribution in [2.75, 3.05) is 72.6 Å². The molecule has 1 unspecified atom stereocenters. The number of hydrogen-bond donors (Lipinski definition) is 3. The second kappa shape index (κ2) is 11.0. The molecule has 0 aliphatic carbocycles. The van der Waals surface area contributed by atoms with Crippen molar-refractivity contribution in [2.24, 2.45) is 5.41 Å². The van der Waals surface area contributed by atoms with Gasteiger partial charge in [-0.15, -0.1) is 0 Å². The largest absolute Gasteiger partial charge is 0.493 e. The highest BCUT2D eigenvalue weighted by Gasteiger charge is 2.36. The van der Waals surface area contributed by atoms with Crippen LogP contribution in [0.1, 0.15) is 31.2 Å². The number of methoxy groups -OCH3 is 1. The summed E-state index contributed by atoms with van der Waals surface area (Å²) in [5, 5.41) is 17.2. The molecule has 0 saturated carbocycles. The monoisotopic (exact) mass is 432 g/mol. The highest BCUT2D eigenvalue weighted by atomic mass is 16.5. The Morgan fingerprint density at radius 2 is 1.77 bits per heavy atom. The van der Waals surface area contributed by atoms with Crippen LogP contribution in [0.3, 0.4) is 0 Å². The van der Waals surface area contributed by atoms with Crippen LogP contribution in [0.15, 0.2) is 18.2 Å². The number of nitrogens with zero attached hydrogens (tertiary/aromatic N) is 2. The van der Waals surface area contributed by atoms with Crippen molar-refractivity contribution >= 4 is 0 Å². The van der Waals surface area contributed by atoms with Crippen LogP contribution < -0.4 is 20.1 Å². The first-order chi connectivity index (χ1) is 15.2. The zero-order valence-corrected chi connectivity index (χ0v) is 19.1. The summed E-state index contributed by atoms with van der Waals surface area (Å²) in [4.78, 5) is 4.89. The van der Waals surface area contributed by atoms with Crippen LogP contribution in [0.25, 0.3) is 0 Å². The van der Waals surface area contributed by atoms with Crippen LogP contribution in [0.4, 0.5) is 0 Å². The Balaban J connectivity index is 1.30. The fraction of sp³-hybridized carbons (Fsp3) is 0.750. The molecular formula is C24H40N4O3. The summed E-state index contributed by atoms with van der Waals surface area (Å²) < 4.78 is 11.5. The van der Waals surface area contributed by atoms with Gasteiger partial charge in [0.2, 0.25) is 0 Å². The molecule has 0 bridgehead atoms. The van der Waals surface area contributed by atoms with Crippen molar-refractivity contribution in [1.82, 2.24) is 20.4 Å². The number of ether oxygens (including phenoxy) is 2. The average Bonchev–Trinajstić information content (AvgIpc) is 2.79. The van der Waals surface area contributed by atoms with Crippen LogP contribution in [-0.4, -0.2) is 93.6 Å². The number of piperazine rings is 1. The van der Waals surface area contributed by atoms with Crippen molar-refractivity contribution in [3.05, 3.63) is 23.8 Å². The normalized spacial score (nSPS) is 23.5. The minimum Gasteiger partial charge on any atom is -0.493 e. The molecule has 0 amide bonds. The Morgan fingerprint density at radius 1 is 1.00 bits per heavy atom. The van der Waals surface area contributed by atoms with Gasteiger partial charge in [-0.1, -0.05) is 6.07 Å². The zero-order valence-electron chi connectivity index (χ0n) is 19.1. The molecule has 3 heterocycles. The van der Waals surface area contributed by atoms with Gasteiger partial charge in [-0.3, -0.25) is 9.80 Å². The number of hydrogen-bond acceptors (Lipinski definition) is 7. The number of benzene rings is 1. The summed E-state index contributed by atoms with van der Waals surface area (Å²) in [5.74, 6) is 1.46. The van der Waals surface area contributed by atoms with E-state index in [9.17, 15) is 5.11 Å². The summed E-state index contributed by atoms with van der Waals surface area (Å²) in [5.41, 5.74) is 1.77. The lowest BCUT2D eigenvalue weighted by Gasteiger charge is -2.45. The maximum atomic E-state index is 10.4. The molecule has 1 aromatic rings. The molecule has 7 heteroatoms. The standard InChI is InChI=1S/C24H40N4O3/c1-30-23-15-20(16-28-12-2-5-24(19-28)6-8-25-9-7-24)3-4-22(23)31-18-21(29)17-27-13-10-26-11-14-27/h3-4,15,21,25-26,29H,2,5-14,16-19H2,1H3. The lowest BCUT2D eigenvalue weighted by Crippen LogP contribution is -2.48. The van der Waals surface area contributed by atoms with E-state index < -0.39 is 6.10 Å². The number of piperidine rings is 2. The van der Waals surface area contributed by atoms with Gasteiger partial charge in [0.15, 0.2) is 11.5 Å². The molecule has 3 aliphatic rings. The number of aliphatic hydroxyl groups is 1. The predicted molar refractivity (Wildman–Crippen MR) is 123 cm³/mol. The maximum absolute atomic E-state index is 10.4. The van der Waals surface area contributed by atoms with Crippen LogP contribution >= 0.6 is 0 Å². The van der Waals surface area contributed by atoms with Gasteiger partial charge in [-0.25, -0.2) is 0 Å². The van der Waals surface area contributed by atoms with Gasteiger partial charge in [0.1, 0.15) is 12.7 Å². The zero-order chi connectivity index (χ0) is 21.5. The van der Waals surface area contributed by atoms with Crippen molar-refractivity contribution in [2.45, 2.75) is 38.3 Å². The third-order valence-corrected chi connectivity index (χ3v) is 7.15. The molecule has 174 valence electrons. The number of nitrogens with one attached hydrogen (secondary N) is 2. The van der Waals surface area contributed by atoms with E-state index in [2.05, 4.69) is 32.6 Å². The first-order valence-corrected chi connectivity index (χ1v) is 12.0. The summed E-state index contributed by atoms with van der Waals surface area (Å²) in [6.07, 6.45) is 4.77. The van der Waals surface area contributed by atoms with E-state index in [0.717, 1.165) is 51.6 Å². The number of aliphatic hydroxyl groups excluding tert-OH is 1. The SMILES string of the molecule is COc1cc(CN2CCCC3(CCNCC3)C2)ccc1OCC(O)CN1CCNCC1. The highest BCUT2D eigenvalue weighted by molar-refractivity contribution is 5.43. The quantitative estimate of drug-likeness (QED) is 0.572. The van der Waals surface area contributed by atoms with E-state index in [4.69, 9.17) is 9.47 Å². The molecule has 3 saturated heterocycles. The lowest BCUT2D eigenvalue weighted by molar-refractivity contribution is 0.0550. The van der Waals surface area contributed by atoms with Gasteiger partial charge >= 0.3 is 0 Å². The van der Waals surface area contributed by atoms with E-state index in [1.54, 1.807) is 7.11 Å². The fourth-order valence-corrected chi connectivity index (χ4v) is 5.43. The van der Waals surface area contributed by atoms with E-state index >= 15 is 0 Å². The first-order valence-electron chi connectivity index (χ1n) is 12.0. The minimum absolute atomic E-state index is 0.280. The Hall–Kier alpha value is -1.38. The maximum Gasteiger partial charge on any atom is 0.161 e. The average molecular weight is 433 g/mol. The number of β-amino-alcohol motifs (C(OH)–C–C–N with tert-alkyl or cyclic N) is 1. The third-order valence-electron chi connectivity index (χ3n) is 7.15. The second-order valence-corrected chi connectivity index (χ2v) is 9.56. The summed E-state index contributed by atoms with van der Waals surface area (Å²) in [6.45, 7) is 10.5. The Morgan fingerprint density at radius 3 is 2.55 bits per heavy atom. The predicted octanol–water partition coefficient (Wildman–Crippen LogP) is 1.31. The van der Waals surface area contributed by atoms with Crippen molar-refractivity contribution < 1.29 is 14.6 Å². The van der Waals surface area contributed by atoms with Crippen molar-refractivity contribution in [3.8, 4) is 11.5 Å². The molecule has 3 aliphatic heterocycles. The lowest BCUT2D eigenvalue weighted by atomic mass is 9.73. The summed E-state index contributed by atoms with van der Waals surface area (Å²) in [6, 6.07) is 6.24. The fourth-order valence-electron chi connectivity index (χ4n) is 5.43. The van der Waals surface area contributed by atoms with Crippen LogP contribution in [-0.2, 0) is 6.54 Å². The summed E-state index contributed by atoms with van der Waals surface area (Å²) in [7, 11) is 1.69. The molecule has 1 spiro atoms. The Bertz CT molecular complexity index is 684. The van der Waals surface area contributed by atoms with Gasteiger partial charge < -0.3 is 25.2 Å². The first kappa shape index (κ1) is 22.8. The van der Waals surface area contributed by atoms with Crippen molar-refractivity contribution in [1.29, 1.82) is 0 Å². The van der Waals surface area contributed by atoms with E-state index in [1.165, 1.54) is 44.3 Å². The van der Waals surface area contributed by atoms with Gasteiger partial charge in [0.05, 0.1) is 7.11 Å². The molecule has 7 nitrogen and oxygen atoms in total. The van der Waals surface area contributed by atoms with Gasteiger partial charge in [-0.05, 0) is 68.4 Å². The molecular weight excluding hydrogens is 392 g/mol. The smallest absolute Gasteiger partial charge is 0.161 e. The third kappa shape index (κ3) is 6.33. The Kier molecular flexibility index (Phi) is 8.07.